The van der Waals surface area contributed by atoms with Crippen LogP contribution in [-0.4, -0.2) is 52.6 Å². The first-order valence-electron chi connectivity index (χ1n) is 7.20. The average Bonchev–Trinajstić information content (AvgIpc) is 2.47. The molecule has 0 unspecified atom stereocenters. The molecule has 1 aromatic rings. The molecule has 0 saturated heterocycles. The summed E-state index contributed by atoms with van der Waals surface area (Å²) in [5, 5.41) is 0. The standard InChI is InChI=1S/C14H24N2O4S2/c1-5-10-16(11-6-2)22(19,20)14-9-7-8-13(12-14)21(17,18)15(3)4/h7-9,12H,5-6,10-11H2,1-4H3. The fourth-order valence-electron chi connectivity index (χ4n) is 2.01. The maximum atomic E-state index is 12.7. The van der Waals surface area contributed by atoms with Crippen LogP contribution in [-0.2, 0) is 20.0 Å². The van der Waals surface area contributed by atoms with Crippen LogP contribution in [0, 0.1) is 0 Å². The second-order valence-corrected chi connectivity index (χ2v) is 9.26. The molecule has 0 fully saturated rings. The van der Waals surface area contributed by atoms with Gasteiger partial charge in [0.2, 0.25) is 20.0 Å². The van der Waals surface area contributed by atoms with Gasteiger partial charge in [-0.25, -0.2) is 21.1 Å². The first kappa shape index (κ1) is 19.1. The Balaban J connectivity index is 3.32. The van der Waals surface area contributed by atoms with E-state index in [1.165, 1.54) is 42.7 Å². The molecule has 126 valence electrons. The number of sulfonamides is 2. The van der Waals surface area contributed by atoms with Crippen LogP contribution in [0.3, 0.4) is 0 Å². The van der Waals surface area contributed by atoms with E-state index in [2.05, 4.69) is 0 Å². The highest BCUT2D eigenvalue weighted by Crippen LogP contribution is 2.21. The van der Waals surface area contributed by atoms with Gasteiger partial charge in [-0.05, 0) is 31.0 Å². The Bertz CT molecular complexity index is 691. The van der Waals surface area contributed by atoms with E-state index in [0.29, 0.717) is 25.9 Å². The molecule has 0 aliphatic rings. The van der Waals surface area contributed by atoms with Crippen LogP contribution < -0.4 is 0 Å². The van der Waals surface area contributed by atoms with Gasteiger partial charge in [-0.2, -0.15) is 4.31 Å². The maximum absolute atomic E-state index is 12.7. The molecule has 1 aromatic carbocycles. The van der Waals surface area contributed by atoms with Crippen molar-refractivity contribution in [2.24, 2.45) is 0 Å². The molecular weight excluding hydrogens is 324 g/mol. The molecule has 0 N–H and O–H groups in total. The number of nitrogens with zero attached hydrogens (tertiary/aromatic N) is 2. The molecule has 0 radical (unpaired) electrons. The molecule has 1 rings (SSSR count). The highest BCUT2D eigenvalue weighted by molar-refractivity contribution is 7.90. The number of hydrogen-bond donors (Lipinski definition) is 0. The Morgan fingerprint density at radius 1 is 0.864 bits per heavy atom. The molecule has 0 aromatic heterocycles. The summed E-state index contributed by atoms with van der Waals surface area (Å²) in [5.41, 5.74) is 0. The highest BCUT2D eigenvalue weighted by Gasteiger charge is 2.25. The summed E-state index contributed by atoms with van der Waals surface area (Å²) < 4.78 is 52.1. The Morgan fingerprint density at radius 3 is 1.73 bits per heavy atom. The maximum Gasteiger partial charge on any atom is 0.243 e. The average molecular weight is 348 g/mol. The fraction of sp³-hybridized carbons (Fsp3) is 0.571. The van der Waals surface area contributed by atoms with Crippen LogP contribution in [0.5, 0.6) is 0 Å². The first-order chi connectivity index (χ1) is 10.2. The topological polar surface area (TPSA) is 74.8 Å². The molecule has 0 bridgehead atoms. The van der Waals surface area contributed by atoms with Crippen molar-refractivity contribution in [1.29, 1.82) is 0 Å². The molecule has 0 aliphatic carbocycles. The van der Waals surface area contributed by atoms with E-state index < -0.39 is 20.0 Å². The summed E-state index contributed by atoms with van der Waals surface area (Å²) in [6, 6.07) is 5.52. The van der Waals surface area contributed by atoms with Gasteiger partial charge in [0, 0.05) is 27.2 Å². The van der Waals surface area contributed by atoms with E-state index in [1.807, 2.05) is 13.8 Å². The van der Waals surface area contributed by atoms with Crippen molar-refractivity contribution < 1.29 is 16.8 Å². The lowest BCUT2D eigenvalue weighted by Gasteiger charge is -2.21. The van der Waals surface area contributed by atoms with Crippen molar-refractivity contribution in [2.45, 2.75) is 36.5 Å². The van der Waals surface area contributed by atoms with Gasteiger partial charge in [0.05, 0.1) is 9.79 Å². The zero-order valence-corrected chi connectivity index (χ0v) is 15.1. The third-order valence-electron chi connectivity index (χ3n) is 3.17. The molecule has 8 heteroatoms. The summed E-state index contributed by atoms with van der Waals surface area (Å²) in [6.45, 7) is 4.65. The third kappa shape index (κ3) is 4.07. The van der Waals surface area contributed by atoms with Crippen LogP contribution in [0.15, 0.2) is 34.1 Å². The monoisotopic (exact) mass is 348 g/mol. The SMILES string of the molecule is CCCN(CCC)S(=O)(=O)c1cccc(S(=O)(=O)N(C)C)c1. The minimum Gasteiger partial charge on any atom is -0.207 e. The van der Waals surface area contributed by atoms with Crippen LogP contribution in [0.2, 0.25) is 0 Å². The molecule has 0 heterocycles. The summed E-state index contributed by atoms with van der Waals surface area (Å²) >= 11 is 0. The van der Waals surface area contributed by atoms with Gasteiger partial charge in [0.25, 0.3) is 0 Å². The molecule has 0 amide bonds. The van der Waals surface area contributed by atoms with Crippen LogP contribution in [0.4, 0.5) is 0 Å². The van der Waals surface area contributed by atoms with Gasteiger partial charge in [0.15, 0.2) is 0 Å². The van der Waals surface area contributed by atoms with E-state index in [4.69, 9.17) is 0 Å². The Kier molecular flexibility index (Phi) is 6.54. The van der Waals surface area contributed by atoms with E-state index >= 15 is 0 Å². The number of rotatable bonds is 8. The number of hydrogen-bond acceptors (Lipinski definition) is 4. The first-order valence-corrected chi connectivity index (χ1v) is 10.1. The van der Waals surface area contributed by atoms with E-state index in [9.17, 15) is 16.8 Å². The van der Waals surface area contributed by atoms with E-state index in [1.54, 1.807) is 0 Å². The van der Waals surface area contributed by atoms with Crippen molar-refractivity contribution in [2.75, 3.05) is 27.2 Å². The van der Waals surface area contributed by atoms with Gasteiger partial charge < -0.3 is 0 Å². The van der Waals surface area contributed by atoms with Gasteiger partial charge in [-0.3, -0.25) is 0 Å². The summed E-state index contributed by atoms with van der Waals surface area (Å²) in [4.78, 5) is -0.0103. The third-order valence-corrected chi connectivity index (χ3v) is 6.87. The van der Waals surface area contributed by atoms with Gasteiger partial charge in [-0.1, -0.05) is 19.9 Å². The second kappa shape index (κ2) is 7.54. The molecule has 0 aliphatic heterocycles. The van der Waals surface area contributed by atoms with Crippen molar-refractivity contribution in [3.63, 3.8) is 0 Å². The molecule has 6 nitrogen and oxygen atoms in total. The Morgan fingerprint density at radius 2 is 1.32 bits per heavy atom. The van der Waals surface area contributed by atoms with Crippen molar-refractivity contribution >= 4 is 20.0 Å². The highest BCUT2D eigenvalue weighted by atomic mass is 32.2. The molecule has 0 spiro atoms. The van der Waals surface area contributed by atoms with Crippen molar-refractivity contribution in [3.05, 3.63) is 24.3 Å². The fourth-order valence-corrected chi connectivity index (χ4v) is 4.70. The molecular formula is C14H24N2O4S2. The predicted molar refractivity (Wildman–Crippen MR) is 86.7 cm³/mol. The molecule has 22 heavy (non-hydrogen) atoms. The van der Waals surface area contributed by atoms with Crippen LogP contribution in [0.1, 0.15) is 26.7 Å². The van der Waals surface area contributed by atoms with Crippen LogP contribution >= 0.6 is 0 Å². The normalized spacial score (nSPS) is 13.0. The summed E-state index contributed by atoms with van der Waals surface area (Å²) in [5.74, 6) is 0. The van der Waals surface area contributed by atoms with Crippen LogP contribution in [0.25, 0.3) is 0 Å². The Hall–Kier alpha value is -0.960. The lowest BCUT2D eigenvalue weighted by Crippen LogP contribution is -2.32. The molecule has 0 saturated carbocycles. The predicted octanol–water partition coefficient (Wildman–Crippen LogP) is 1.75. The van der Waals surface area contributed by atoms with Gasteiger partial charge >= 0.3 is 0 Å². The summed E-state index contributed by atoms with van der Waals surface area (Å²) in [7, 11) is -4.52. The number of benzene rings is 1. The second-order valence-electron chi connectivity index (χ2n) is 5.17. The zero-order chi connectivity index (χ0) is 17.0. The Labute approximate surface area is 133 Å². The summed E-state index contributed by atoms with van der Waals surface area (Å²) in [6.07, 6.45) is 1.41. The van der Waals surface area contributed by atoms with Crippen molar-refractivity contribution in [1.82, 2.24) is 8.61 Å². The minimum atomic E-state index is -3.68. The minimum absolute atomic E-state index is 0.0114. The van der Waals surface area contributed by atoms with Gasteiger partial charge in [0.1, 0.15) is 0 Å². The lowest BCUT2D eigenvalue weighted by atomic mass is 10.4. The van der Waals surface area contributed by atoms with Gasteiger partial charge in [-0.15, -0.1) is 0 Å². The smallest absolute Gasteiger partial charge is 0.207 e. The zero-order valence-electron chi connectivity index (χ0n) is 13.5. The van der Waals surface area contributed by atoms with E-state index in [-0.39, 0.29) is 9.79 Å². The van der Waals surface area contributed by atoms with E-state index in [0.717, 1.165) is 4.31 Å². The largest absolute Gasteiger partial charge is 0.243 e. The molecule has 0 atom stereocenters. The van der Waals surface area contributed by atoms with Crippen molar-refractivity contribution in [3.8, 4) is 0 Å². The lowest BCUT2D eigenvalue weighted by molar-refractivity contribution is 0.410. The quantitative estimate of drug-likeness (QED) is 0.717.